The average Bonchev–Trinajstić information content (AvgIpc) is 2.61. The molecule has 2 rings (SSSR count). The fraction of sp³-hybridized carbons (Fsp3) is 0.583. The first-order valence-electron chi connectivity index (χ1n) is 5.95. The minimum Gasteiger partial charge on any atom is -0.338 e. The number of hydrogen-bond acceptors (Lipinski definition) is 4. The number of thioether (sulfide) groups is 1. The second-order valence-electron chi connectivity index (χ2n) is 4.19. The van der Waals surface area contributed by atoms with Crippen LogP contribution in [0.25, 0.3) is 0 Å². The first kappa shape index (κ1) is 15.8. The molecule has 18 heavy (non-hydrogen) atoms. The van der Waals surface area contributed by atoms with Crippen molar-refractivity contribution in [2.45, 2.75) is 24.0 Å². The Morgan fingerprint density at radius 1 is 1.44 bits per heavy atom. The smallest absolute Gasteiger partial charge is 0.255 e. The maximum atomic E-state index is 12.3. The number of unbranched alkanes of at least 4 members (excludes halogenated alkanes) is 1. The van der Waals surface area contributed by atoms with Crippen LogP contribution in [0, 0.1) is 6.92 Å². The Morgan fingerprint density at radius 2 is 2.22 bits per heavy atom. The highest BCUT2D eigenvalue weighted by molar-refractivity contribution is 8.01. The number of rotatable bonds is 4. The Bertz CT molecular complexity index is 409. The van der Waals surface area contributed by atoms with Crippen molar-refractivity contribution in [3.8, 4) is 0 Å². The van der Waals surface area contributed by atoms with E-state index in [-0.39, 0.29) is 18.3 Å². The van der Waals surface area contributed by atoms with Crippen molar-refractivity contribution < 1.29 is 4.79 Å². The van der Waals surface area contributed by atoms with Gasteiger partial charge in [-0.25, -0.2) is 0 Å². The summed E-state index contributed by atoms with van der Waals surface area (Å²) in [6.45, 7) is 4.46. The topological polar surface area (TPSA) is 46.3 Å². The van der Waals surface area contributed by atoms with Gasteiger partial charge in [-0.05, 0) is 32.4 Å². The number of carbonyl (C=O) groups excluding carboxylic acids is 1. The molecule has 3 nitrogen and oxygen atoms in total. The quantitative estimate of drug-likeness (QED) is 0.870. The summed E-state index contributed by atoms with van der Waals surface area (Å²) in [5.41, 5.74) is 6.39. The Balaban J connectivity index is 0.00000162. The molecule has 1 aliphatic heterocycles. The highest BCUT2D eigenvalue weighted by atomic mass is 35.5. The molecule has 0 aliphatic carbocycles. The van der Waals surface area contributed by atoms with Crippen LogP contribution in [-0.2, 0) is 0 Å². The van der Waals surface area contributed by atoms with Gasteiger partial charge < -0.3 is 10.6 Å². The van der Waals surface area contributed by atoms with Crippen LogP contribution in [0.1, 0.15) is 28.1 Å². The van der Waals surface area contributed by atoms with Crippen LogP contribution in [0.15, 0.2) is 10.3 Å². The first-order chi connectivity index (χ1) is 8.22. The van der Waals surface area contributed by atoms with Gasteiger partial charge in [0.25, 0.3) is 5.91 Å². The molecule has 0 spiro atoms. The minimum atomic E-state index is 0. The van der Waals surface area contributed by atoms with E-state index in [0.717, 1.165) is 37.2 Å². The second-order valence-corrected chi connectivity index (χ2v) is 6.81. The van der Waals surface area contributed by atoms with E-state index in [1.165, 1.54) is 9.09 Å². The number of nitrogens with two attached hydrogens (primary N) is 1. The highest BCUT2D eigenvalue weighted by Crippen LogP contribution is 2.34. The molecule has 0 aromatic carbocycles. The van der Waals surface area contributed by atoms with Gasteiger partial charge in [0.2, 0.25) is 0 Å². The van der Waals surface area contributed by atoms with E-state index >= 15 is 0 Å². The first-order valence-corrected chi connectivity index (χ1v) is 7.75. The number of thiophene rings is 1. The van der Waals surface area contributed by atoms with Crippen molar-refractivity contribution >= 4 is 41.4 Å². The summed E-state index contributed by atoms with van der Waals surface area (Å²) < 4.78 is 1.19. The molecular weight excluding hydrogens is 288 g/mol. The van der Waals surface area contributed by atoms with E-state index in [4.69, 9.17) is 5.73 Å². The number of hydrogen-bond donors (Lipinski definition) is 1. The predicted octanol–water partition coefficient (Wildman–Crippen LogP) is 2.77. The van der Waals surface area contributed by atoms with E-state index in [9.17, 15) is 4.79 Å². The van der Waals surface area contributed by atoms with Crippen molar-refractivity contribution in [3.63, 3.8) is 0 Å². The van der Waals surface area contributed by atoms with Gasteiger partial charge in [0, 0.05) is 23.7 Å². The number of nitrogens with zero attached hydrogens (tertiary/aromatic N) is 1. The monoisotopic (exact) mass is 306 g/mol. The van der Waals surface area contributed by atoms with Crippen molar-refractivity contribution in [3.05, 3.63) is 16.5 Å². The summed E-state index contributed by atoms with van der Waals surface area (Å²) >= 11 is 3.54. The van der Waals surface area contributed by atoms with Crippen LogP contribution in [0.3, 0.4) is 0 Å². The summed E-state index contributed by atoms with van der Waals surface area (Å²) in [6.07, 6.45) is 2.00. The SMILES string of the molecule is Cc1cc2c(s1)SCCN(CCCCN)C2=O.Cl. The maximum absolute atomic E-state index is 12.3. The summed E-state index contributed by atoms with van der Waals surface area (Å²) in [7, 11) is 0. The summed E-state index contributed by atoms with van der Waals surface area (Å²) in [4.78, 5) is 15.5. The number of halogens is 1. The van der Waals surface area contributed by atoms with Crippen molar-refractivity contribution in [1.29, 1.82) is 0 Å². The standard InChI is InChI=1S/C12H18N2OS2.ClH/c1-9-8-10-11(15)14(5-3-2-4-13)6-7-16-12(10)17-9;/h8H,2-7,13H2,1H3;1H. The molecule has 6 heteroatoms. The zero-order valence-corrected chi connectivity index (χ0v) is 12.9. The van der Waals surface area contributed by atoms with Crippen LogP contribution in [0.4, 0.5) is 0 Å². The molecule has 0 unspecified atom stereocenters. The third-order valence-electron chi connectivity index (χ3n) is 2.82. The van der Waals surface area contributed by atoms with E-state index < -0.39 is 0 Å². The summed E-state index contributed by atoms with van der Waals surface area (Å²) in [6, 6.07) is 2.02. The molecular formula is C12H19ClN2OS2. The largest absolute Gasteiger partial charge is 0.338 e. The van der Waals surface area contributed by atoms with Gasteiger partial charge in [-0.15, -0.1) is 35.5 Å². The summed E-state index contributed by atoms with van der Waals surface area (Å²) in [5.74, 6) is 1.20. The number of aryl methyl sites for hydroxylation is 1. The molecule has 0 saturated carbocycles. The average molecular weight is 307 g/mol. The van der Waals surface area contributed by atoms with Gasteiger partial charge in [0.1, 0.15) is 0 Å². The van der Waals surface area contributed by atoms with Gasteiger partial charge in [0.15, 0.2) is 0 Å². The molecule has 2 heterocycles. The van der Waals surface area contributed by atoms with Gasteiger partial charge in [-0.2, -0.15) is 0 Å². The lowest BCUT2D eigenvalue weighted by Gasteiger charge is -2.19. The molecule has 1 aliphatic rings. The fourth-order valence-corrected chi connectivity index (χ4v) is 4.33. The number of amides is 1. The number of fused-ring (bicyclic) bond motifs is 1. The molecule has 1 aromatic rings. The van der Waals surface area contributed by atoms with E-state index in [2.05, 4.69) is 6.92 Å². The van der Waals surface area contributed by atoms with Crippen LogP contribution in [0.2, 0.25) is 0 Å². The lowest BCUT2D eigenvalue weighted by atomic mass is 10.2. The van der Waals surface area contributed by atoms with Crippen molar-refractivity contribution in [2.75, 3.05) is 25.4 Å². The van der Waals surface area contributed by atoms with Gasteiger partial charge in [-0.1, -0.05) is 0 Å². The van der Waals surface area contributed by atoms with Crippen LogP contribution >= 0.6 is 35.5 Å². The molecule has 2 N–H and O–H groups in total. The van der Waals surface area contributed by atoms with Crippen molar-refractivity contribution in [1.82, 2.24) is 4.90 Å². The predicted molar refractivity (Wildman–Crippen MR) is 81.2 cm³/mol. The third-order valence-corrected chi connectivity index (χ3v) is 5.13. The molecule has 102 valence electrons. The second kappa shape index (κ2) is 7.38. The Morgan fingerprint density at radius 3 is 2.94 bits per heavy atom. The Kier molecular flexibility index (Phi) is 6.49. The van der Waals surface area contributed by atoms with Gasteiger partial charge in [-0.3, -0.25) is 4.79 Å². The minimum absolute atomic E-state index is 0. The number of carbonyl (C=O) groups is 1. The van der Waals surface area contributed by atoms with E-state index in [1.54, 1.807) is 11.3 Å². The molecule has 0 atom stereocenters. The van der Waals surface area contributed by atoms with Crippen molar-refractivity contribution in [2.24, 2.45) is 5.73 Å². The van der Waals surface area contributed by atoms with Crippen LogP contribution < -0.4 is 5.73 Å². The van der Waals surface area contributed by atoms with E-state index in [1.807, 2.05) is 22.7 Å². The Labute approximate surface area is 123 Å². The third kappa shape index (κ3) is 3.63. The maximum Gasteiger partial charge on any atom is 0.255 e. The van der Waals surface area contributed by atoms with Gasteiger partial charge in [0.05, 0.1) is 9.77 Å². The lowest BCUT2D eigenvalue weighted by Crippen LogP contribution is -2.32. The van der Waals surface area contributed by atoms with Crippen LogP contribution in [-0.4, -0.2) is 36.2 Å². The normalized spacial score (nSPS) is 15.0. The highest BCUT2D eigenvalue weighted by Gasteiger charge is 2.24. The molecule has 1 amide bonds. The zero-order chi connectivity index (χ0) is 12.3. The fourth-order valence-electron chi connectivity index (χ4n) is 1.93. The van der Waals surface area contributed by atoms with E-state index in [0.29, 0.717) is 6.54 Å². The molecule has 0 radical (unpaired) electrons. The lowest BCUT2D eigenvalue weighted by molar-refractivity contribution is 0.0763. The molecule has 0 saturated heterocycles. The zero-order valence-electron chi connectivity index (χ0n) is 10.5. The summed E-state index contributed by atoms with van der Waals surface area (Å²) in [5, 5.41) is 0. The molecule has 0 fully saturated rings. The Hall–Kier alpha value is -0.230. The van der Waals surface area contributed by atoms with Gasteiger partial charge >= 0.3 is 0 Å². The molecule has 1 aromatic heterocycles. The van der Waals surface area contributed by atoms with Crippen LogP contribution in [0.5, 0.6) is 0 Å². The molecule has 0 bridgehead atoms.